The zero-order chi connectivity index (χ0) is 8.43. The van der Waals surface area contributed by atoms with E-state index in [-0.39, 0.29) is 5.57 Å². The SMILES string of the molecule is C=CCC1OC(=O)C(=C)C1O. The van der Waals surface area contributed by atoms with Gasteiger partial charge in [0.05, 0.1) is 5.57 Å². The number of aliphatic hydroxyl groups excluding tert-OH is 1. The van der Waals surface area contributed by atoms with Crippen LogP contribution in [0.1, 0.15) is 6.42 Å². The Hall–Kier alpha value is -1.09. The third kappa shape index (κ3) is 1.33. The predicted octanol–water partition coefficient (Wildman–Crippen LogP) is 0.405. The third-order valence-electron chi connectivity index (χ3n) is 1.63. The van der Waals surface area contributed by atoms with Crippen LogP contribution in [-0.2, 0) is 9.53 Å². The molecule has 1 fully saturated rings. The number of hydrogen-bond donors (Lipinski definition) is 1. The van der Waals surface area contributed by atoms with Crippen molar-refractivity contribution in [2.45, 2.75) is 18.6 Å². The Morgan fingerprint density at radius 2 is 2.36 bits per heavy atom. The van der Waals surface area contributed by atoms with Gasteiger partial charge in [-0.3, -0.25) is 0 Å². The van der Waals surface area contributed by atoms with Crippen molar-refractivity contribution in [1.29, 1.82) is 0 Å². The van der Waals surface area contributed by atoms with Crippen LogP contribution in [0, 0.1) is 0 Å². The van der Waals surface area contributed by atoms with Gasteiger partial charge in [0.2, 0.25) is 0 Å². The highest BCUT2D eigenvalue weighted by Gasteiger charge is 2.35. The maximum atomic E-state index is 10.8. The van der Waals surface area contributed by atoms with E-state index in [1.807, 2.05) is 0 Å². The number of carbonyl (C=O) groups is 1. The highest BCUT2D eigenvalue weighted by molar-refractivity contribution is 5.91. The Kier molecular flexibility index (Phi) is 2.10. The summed E-state index contributed by atoms with van der Waals surface area (Å²) in [5.41, 5.74) is 0.136. The molecule has 0 aromatic carbocycles. The van der Waals surface area contributed by atoms with E-state index in [4.69, 9.17) is 4.74 Å². The number of hydrogen-bond acceptors (Lipinski definition) is 3. The summed E-state index contributed by atoms with van der Waals surface area (Å²) in [6, 6.07) is 0. The van der Waals surface area contributed by atoms with E-state index in [1.165, 1.54) is 0 Å². The maximum Gasteiger partial charge on any atom is 0.336 e. The molecular formula is C8H10O3. The van der Waals surface area contributed by atoms with Gasteiger partial charge in [-0.15, -0.1) is 6.58 Å². The highest BCUT2D eigenvalue weighted by atomic mass is 16.6. The van der Waals surface area contributed by atoms with Crippen molar-refractivity contribution in [3.05, 3.63) is 24.8 Å². The molecule has 0 amide bonds. The van der Waals surface area contributed by atoms with Gasteiger partial charge in [-0.25, -0.2) is 4.79 Å². The number of carbonyl (C=O) groups excluding carboxylic acids is 1. The van der Waals surface area contributed by atoms with Crippen LogP contribution in [0.2, 0.25) is 0 Å². The molecule has 0 saturated carbocycles. The van der Waals surface area contributed by atoms with E-state index in [0.717, 1.165) is 0 Å². The van der Waals surface area contributed by atoms with Gasteiger partial charge in [-0.2, -0.15) is 0 Å². The fourth-order valence-electron chi connectivity index (χ4n) is 0.964. The molecule has 0 aromatic rings. The molecular weight excluding hydrogens is 144 g/mol. The zero-order valence-electron chi connectivity index (χ0n) is 6.12. The van der Waals surface area contributed by atoms with Crippen LogP contribution in [0.15, 0.2) is 24.8 Å². The average molecular weight is 154 g/mol. The molecule has 0 aliphatic carbocycles. The molecule has 1 aliphatic rings. The fraction of sp³-hybridized carbons (Fsp3) is 0.375. The minimum Gasteiger partial charge on any atom is -0.455 e. The van der Waals surface area contributed by atoms with Crippen molar-refractivity contribution in [1.82, 2.24) is 0 Å². The predicted molar refractivity (Wildman–Crippen MR) is 39.8 cm³/mol. The second kappa shape index (κ2) is 2.88. The molecule has 0 radical (unpaired) electrons. The first-order valence-electron chi connectivity index (χ1n) is 3.35. The van der Waals surface area contributed by atoms with Crippen LogP contribution in [0.3, 0.4) is 0 Å². The Labute approximate surface area is 65.0 Å². The van der Waals surface area contributed by atoms with Crippen molar-refractivity contribution in [3.63, 3.8) is 0 Å². The van der Waals surface area contributed by atoms with E-state index in [0.29, 0.717) is 6.42 Å². The maximum absolute atomic E-state index is 10.8. The van der Waals surface area contributed by atoms with E-state index in [1.54, 1.807) is 6.08 Å². The standard InChI is InChI=1S/C8H10O3/c1-3-4-6-7(9)5(2)8(10)11-6/h3,6-7,9H,1-2,4H2. The highest BCUT2D eigenvalue weighted by Crippen LogP contribution is 2.21. The van der Waals surface area contributed by atoms with Crippen molar-refractivity contribution in [3.8, 4) is 0 Å². The molecule has 0 spiro atoms. The monoisotopic (exact) mass is 154 g/mol. The second-order valence-electron chi connectivity index (χ2n) is 2.44. The van der Waals surface area contributed by atoms with Crippen LogP contribution in [-0.4, -0.2) is 23.3 Å². The number of cyclic esters (lactones) is 1. The number of ether oxygens (including phenoxy) is 1. The van der Waals surface area contributed by atoms with Gasteiger partial charge in [0.1, 0.15) is 12.2 Å². The van der Waals surface area contributed by atoms with Crippen molar-refractivity contribution >= 4 is 5.97 Å². The molecule has 3 heteroatoms. The molecule has 1 heterocycles. The van der Waals surface area contributed by atoms with Crippen LogP contribution in [0.25, 0.3) is 0 Å². The summed E-state index contributed by atoms with van der Waals surface area (Å²) in [6.45, 7) is 6.87. The third-order valence-corrected chi connectivity index (χ3v) is 1.63. The Bertz CT molecular complexity index is 207. The number of esters is 1. The van der Waals surface area contributed by atoms with Crippen molar-refractivity contribution in [2.24, 2.45) is 0 Å². The molecule has 60 valence electrons. The first-order valence-corrected chi connectivity index (χ1v) is 3.35. The van der Waals surface area contributed by atoms with Gasteiger partial charge in [-0.1, -0.05) is 12.7 Å². The van der Waals surface area contributed by atoms with E-state index < -0.39 is 18.2 Å². The molecule has 2 atom stereocenters. The summed E-state index contributed by atoms with van der Waals surface area (Å²) in [6.07, 6.45) is 0.721. The van der Waals surface area contributed by atoms with Crippen molar-refractivity contribution < 1.29 is 14.6 Å². The van der Waals surface area contributed by atoms with Crippen molar-refractivity contribution in [2.75, 3.05) is 0 Å². The average Bonchev–Trinajstić information content (AvgIpc) is 2.19. The van der Waals surface area contributed by atoms with Crippen LogP contribution in [0.4, 0.5) is 0 Å². The van der Waals surface area contributed by atoms with Gasteiger partial charge < -0.3 is 9.84 Å². The van der Waals surface area contributed by atoms with Gasteiger partial charge in [-0.05, 0) is 0 Å². The molecule has 1 N–H and O–H groups in total. The normalized spacial score (nSPS) is 30.3. The largest absolute Gasteiger partial charge is 0.455 e. The lowest BCUT2D eigenvalue weighted by Crippen LogP contribution is -2.20. The minimum atomic E-state index is -0.861. The van der Waals surface area contributed by atoms with Gasteiger partial charge in [0.15, 0.2) is 0 Å². The molecule has 11 heavy (non-hydrogen) atoms. The van der Waals surface area contributed by atoms with Crippen LogP contribution < -0.4 is 0 Å². The lowest BCUT2D eigenvalue weighted by molar-refractivity contribution is -0.139. The topological polar surface area (TPSA) is 46.5 Å². The minimum absolute atomic E-state index is 0.136. The van der Waals surface area contributed by atoms with E-state index in [2.05, 4.69) is 13.2 Å². The van der Waals surface area contributed by atoms with Crippen LogP contribution in [0.5, 0.6) is 0 Å². The van der Waals surface area contributed by atoms with Crippen LogP contribution >= 0.6 is 0 Å². The first kappa shape index (κ1) is 8.01. The zero-order valence-corrected chi connectivity index (χ0v) is 6.12. The molecule has 0 aromatic heterocycles. The molecule has 2 unspecified atom stereocenters. The molecule has 3 nitrogen and oxygen atoms in total. The number of rotatable bonds is 2. The van der Waals surface area contributed by atoms with Gasteiger partial charge >= 0.3 is 5.97 Å². The summed E-state index contributed by atoms with van der Waals surface area (Å²) in [7, 11) is 0. The molecule has 1 saturated heterocycles. The lowest BCUT2D eigenvalue weighted by Gasteiger charge is -2.08. The van der Waals surface area contributed by atoms with E-state index >= 15 is 0 Å². The number of aliphatic hydroxyl groups is 1. The summed E-state index contributed by atoms with van der Waals surface area (Å²) in [5, 5.41) is 9.27. The van der Waals surface area contributed by atoms with Gasteiger partial charge in [0, 0.05) is 6.42 Å². The summed E-state index contributed by atoms with van der Waals surface area (Å²) in [5.74, 6) is -0.510. The quantitative estimate of drug-likeness (QED) is 0.356. The summed E-state index contributed by atoms with van der Waals surface area (Å²) in [4.78, 5) is 10.8. The Morgan fingerprint density at radius 1 is 1.73 bits per heavy atom. The van der Waals surface area contributed by atoms with E-state index in [9.17, 15) is 9.90 Å². The molecule has 1 rings (SSSR count). The summed E-state index contributed by atoms with van der Waals surface area (Å²) < 4.78 is 4.77. The first-order chi connectivity index (χ1) is 5.16. The molecule has 1 aliphatic heterocycles. The Morgan fingerprint density at radius 3 is 2.73 bits per heavy atom. The molecule has 0 bridgehead atoms. The summed E-state index contributed by atoms with van der Waals surface area (Å²) >= 11 is 0. The Balaban J connectivity index is 2.66. The fourth-order valence-corrected chi connectivity index (χ4v) is 0.964. The smallest absolute Gasteiger partial charge is 0.336 e. The van der Waals surface area contributed by atoms with Gasteiger partial charge in [0.25, 0.3) is 0 Å². The second-order valence-corrected chi connectivity index (χ2v) is 2.44. The lowest BCUT2D eigenvalue weighted by atomic mass is 10.1.